The van der Waals surface area contributed by atoms with Gasteiger partial charge < -0.3 is 20.1 Å². The summed E-state index contributed by atoms with van der Waals surface area (Å²) >= 11 is 11.8. The number of hydrogen-bond donors (Lipinski definition) is 3. The largest absolute Gasteiger partial charge is 0.493 e. The molecule has 0 fully saturated rings. The standard InChI is InChI=1S/C25H22Cl2N4O5/c1-15-6-8-18(27)12-20(15)30-23(32)14-36-21-9-7-16(10-22(21)35-2)13-28-31-25(34)24(33)29-19-5-3-4-17(26)11-19/h3-13H,14H2,1-2H3,(H,29,33)(H,30,32)(H,31,34)/b28-13-. The number of aryl methyl sites for hydroxylation is 1. The van der Waals surface area contributed by atoms with E-state index in [2.05, 4.69) is 21.2 Å². The third kappa shape index (κ3) is 7.72. The van der Waals surface area contributed by atoms with Crippen LogP contribution in [0.4, 0.5) is 11.4 Å². The number of amides is 3. The molecule has 3 N–H and O–H groups in total. The molecule has 186 valence electrons. The summed E-state index contributed by atoms with van der Waals surface area (Å²) in [5.41, 5.74) is 4.53. The molecule has 36 heavy (non-hydrogen) atoms. The van der Waals surface area contributed by atoms with Crippen LogP contribution in [-0.2, 0) is 14.4 Å². The molecule has 0 aliphatic carbocycles. The van der Waals surface area contributed by atoms with E-state index in [-0.39, 0.29) is 12.5 Å². The summed E-state index contributed by atoms with van der Waals surface area (Å²) in [7, 11) is 1.44. The summed E-state index contributed by atoms with van der Waals surface area (Å²) in [6.45, 7) is 1.60. The first-order valence-corrected chi connectivity index (χ1v) is 11.3. The Morgan fingerprint density at radius 1 is 0.917 bits per heavy atom. The third-order valence-corrected chi connectivity index (χ3v) is 5.16. The predicted molar refractivity (Wildman–Crippen MR) is 139 cm³/mol. The first-order valence-electron chi connectivity index (χ1n) is 10.5. The van der Waals surface area contributed by atoms with Crippen LogP contribution in [0, 0.1) is 6.92 Å². The number of carbonyl (C=O) groups is 3. The Kier molecular flexibility index (Phi) is 9.26. The first-order chi connectivity index (χ1) is 17.2. The molecule has 0 aromatic heterocycles. The average molecular weight is 529 g/mol. The molecule has 3 aromatic carbocycles. The maximum atomic E-state index is 12.3. The number of benzene rings is 3. The van der Waals surface area contributed by atoms with Gasteiger partial charge in [0.2, 0.25) is 0 Å². The van der Waals surface area contributed by atoms with Crippen LogP contribution in [0.3, 0.4) is 0 Å². The number of anilines is 2. The highest BCUT2D eigenvalue weighted by atomic mass is 35.5. The molecule has 11 heteroatoms. The Hall–Kier alpha value is -4.08. The molecule has 0 saturated carbocycles. The molecule has 0 radical (unpaired) electrons. The molecule has 0 unspecified atom stereocenters. The van der Waals surface area contributed by atoms with Gasteiger partial charge in [-0.2, -0.15) is 5.10 Å². The topological polar surface area (TPSA) is 118 Å². The molecule has 0 spiro atoms. The van der Waals surface area contributed by atoms with Crippen LogP contribution >= 0.6 is 23.2 Å². The monoisotopic (exact) mass is 528 g/mol. The minimum Gasteiger partial charge on any atom is -0.493 e. The highest BCUT2D eigenvalue weighted by Crippen LogP contribution is 2.28. The molecule has 0 bridgehead atoms. The number of halogens is 2. The molecule has 0 heterocycles. The van der Waals surface area contributed by atoms with Crippen LogP contribution in [0.15, 0.2) is 65.8 Å². The number of ether oxygens (including phenoxy) is 2. The van der Waals surface area contributed by atoms with Crippen molar-refractivity contribution in [2.45, 2.75) is 6.92 Å². The Balaban J connectivity index is 1.54. The molecule has 9 nitrogen and oxygen atoms in total. The van der Waals surface area contributed by atoms with Crippen LogP contribution in [0.25, 0.3) is 0 Å². The summed E-state index contributed by atoms with van der Waals surface area (Å²) in [6.07, 6.45) is 1.32. The van der Waals surface area contributed by atoms with E-state index in [4.69, 9.17) is 32.7 Å². The lowest BCUT2D eigenvalue weighted by Crippen LogP contribution is -2.32. The Bertz CT molecular complexity index is 1310. The zero-order valence-corrected chi connectivity index (χ0v) is 20.8. The van der Waals surface area contributed by atoms with E-state index < -0.39 is 11.8 Å². The van der Waals surface area contributed by atoms with Gasteiger partial charge in [-0.05, 0) is 66.6 Å². The molecule has 0 saturated heterocycles. The number of nitrogens with one attached hydrogen (secondary N) is 3. The number of hydrazone groups is 1. The predicted octanol–water partition coefficient (Wildman–Crippen LogP) is 4.42. The van der Waals surface area contributed by atoms with Gasteiger partial charge in [0, 0.05) is 21.4 Å². The van der Waals surface area contributed by atoms with Gasteiger partial charge in [0.05, 0.1) is 13.3 Å². The number of nitrogens with zero attached hydrogens (tertiary/aromatic N) is 1. The van der Waals surface area contributed by atoms with Gasteiger partial charge in [0.1, 0.15) is 0 Å². The fraction of sp³-hybridized carbons (Fsp3) is 0.120. The number of methoxy groups -OCH3 is 1. The number of rotatable bonds is 8. The minimum atomic E-state index is -0.959. The Morgan fingerprint density at radius 3 is 2.44 bits per heavy atom. The smallest absolute Gasteiger partial charge is 0.329 e. The molecule has 0 atom stereocenters. The Labute approximate surface area is 217 Å². The SMILES string of the molecule is COc1cc(/C=N\NC(=O)C(=O)Nc2cccc(Cl)c2)ccc1OCC(=O)Nc1cc(Cl)ccc1C. The number of hydrogen-bond acceptors (Lipinski definition) is 6. The quantitative estimate of drug-likeness (QED) is 0.227. The third-order valence-electron chi connectivity index (χ3n) is 4.69. The highest BCUT2D eigenvalue weighted by molar-refractivity contribution is 6.39. The normalized spacial score (nSPS) is 10.6. The van der Waals surface area contributed by atoms with Gasteiger partial charge in [-0.3, -0.25) is 14.4 Å². The lowest BCUT2D eigenvalue weighted by molar-refractivity contribution is -0.136. The molecule has 3 rings (SSSR count). The van der Waals surface area contributed by atoms with Crippen molar-refractivity contribution < 1.29 is 23.9 Å². The second-order valence-corrected chi connectivity index (χ2v) is 8.24. The van der Waals surface area contributed by atoms with Crippen LogP contribution in [0.5, 0.6) is 11.5 Å². The van der Waals surface area contributed by atoms with Crippen LogP contribution in [0.2, 0.25) is 10.0 Å². The van der Waals surface area contributed by atoms with E-state index in [1.54, 1.807) is 54.6 Å². The van der Waals surface area contributed by atoms with E-state index in [0.717, 1.165) is 5.56 Å². The summed E-state index contributed by atoms with van der Waals surface area (Å²) in [6, 6.07) is 16.4. The van der Waals surface area contributed by atoms with E-state index in [9.17, 15) is 14.4 Å². The van der Waals surface area contributed by atoms with Crippen LogP contribution in [-0.4, -0.2) is 37.7 Å². The molecular formula is C25H22Cl2N4O5. The van der Waals surface area contributed by atoms with Crippen molar-refractivity contribution in [1.82, 2.24) is 5.43 Å². The summed E-state index contributed by atoms with van der Waals surface area (Å²) in [5.74, 6) is -1.55. The van der Waals surface area contributed by atoms with Gasteiger partial charge in [-0.15, -0.1) is 0 Å². The van der Waals surface area contributed by atoms with Crippen molar-refractivity contribution >= 4 is 58.5 Å². The number of carbonyl (C=O) groups excluding carboxylic acids is 3. The average Bonchev–Trinajstić information content (AvgIpc) is 2.85. The lowest BCUT2D eigenvalue weighted by Gasteiger charge is -2.12. The van der Waals surface area contributed by atoms with Gasteiger partial charge in [-0.25, -0.2) is 5.43 Å². The molecule has 0 aliphatic rings. The van der Waals surface area contributed by atoms with Gasteiger partial charge in [0.25, 0.3) is 5.91 Å². The van der Waals surface area contributed by atoms with Crippen molar-refractivity contribution in [3.05, 3.63) is 81.8 Å². The molecular weight excluding hydrogens is 507 g/mol. The van der Waals surface area contributed by atoms with Crippen molar-refractivity contribution in [2.24, 2.45) is 5.10 Å². The zero-order valence-electron chi connectivity index (χ0n) is 19.3. The van der Waals surface area contributed by atoms with E-state index >= 15 is 0 Å². The highest BCUT2D eigenvalue weighted by Gasteiger charge is 2.13. The second kappa shape index (κ2) is 12.6. The summed E-state index contributed by atoms with van der Waals surface area (Å²) in [5, 5.41) is 9.87. The van der Waals surface area contributed by atoms with Crippen LogP contribution in [0.1, 0.15) is 11.1 Å². The van der Waals surface area contributed by atoms with Gasteiger partial charge in [0.15, 0.2) is 18.1 Å². The molecule has 0 aliphatic heterocycles. The van der Waals surface area contributed by atoms with E-state index in [1.165, 1.54) is 19.4 Å². The lowest BCUT2D eigenvalue weighted by atomic mass is 10.2. The molecule has 3 amide bonds. The summed E-state index contributed by atoms with van der Waals surface area (Å²) in [4.78, 5) is 36.2. The first kappa shape index (κ1) is 26.5. The zero-order chi connectivity index (χ0) is 26.1. The summed E-state index contributed by atoms with van der Waals surface area (Å²) < 4.78 is 10.9. The van der Waals surface area contributed by atoms with Crippen LogP contribution < -0.4 is 25.5 Å². The minimum absolute atomic E-state index is 0.256. The van der Waals surface area contributed by atoms with Crippen molar-refractivity contribution in [1.29, 1.82) is 0 Å². The molecule has 3 aromatic rings. The van der Waals surface area contributed by atoms with Gasteiger partial charge >= 0.3 is 11.8 Å². The van der Waals surface area contributed by atoms with Crippen molar-refractivity contribution in [3.63, 3.8) is 0 Å². The second-order valence-electron chi connectivity index (χ2n) is 7.37. The fourth-order valence-corrected chi connectivity index (χ4v) is 3.27. The van der Waals surface area contributed by atoms with Crippen molar-refractivity contribution in [3.8, 4) is 11.5 Å². The van der Waals surface area contributed by atoms with Crippen molar-refractivity contribution in [2.75, 3.05) is 24.4 Å². The maximum absolute atomic E-state index is 12.3. The van der Waals surface area contributed by atoms with E-state index in [0.29, 0.717) is 38.5 Å². The maximum Gasteiger partial charge on any atom is 0.329 e. The van der Waals surface area contributed by atoms with Gasteiger partial charge in [-0.1, -0.05) is 35.3 Å². The Morgan fingerprint density at radius 2 is 1.69 bits per heavy atom. The fourth-order valence-electron chi connectivity index (χ4n) is 2.91. The van der Waals surface area contributed by atoms with E-state index in [1.807, 2.05) is 6.92 Å².